The number of aryl methyl sites for hydroxylation is 1. The van der Waals surface area contributed by atoms with Gasteiger partial charge in [-0.05, 0) is 18.8 Å². The Labute approximate surface area is 154 Å². The van der Waals surface area contributed by atoms with Gasteiger partial charge in [0.1, 0.15) is 5.76 Å². The van der Waals surface area contributed by atoms with Crippen LogP contribution in [0.4, 0.5) is 9.93 Å². The third-order valence-corrected chi connectivity index (χ3v) is 6.24. The van der Waals surface area contributed by atoms with Crippen LogP contribution in [0.25, 0.3) is 0 Å². The molecule has 0 aromatic carbocycles. The van der Waals surface area contributed by atoms with Crippen LogP contribution in [0.15, 0.2) is 21.0 Å². The fraction of sp³-hybridized carbons (Fsp3) is 0.562. The second-order valence-corrected chi connectivity index (χ2v) is 8.20. The molecule has 1 aliphatic rings. The molecule has 0 unspecified atom stereocenters. The summed E-state index contributed by atoms with van der Waals surface area (Å²) in [6.45, 7) is 3.58. The zero-order valence-corrected chi connectivity index (χ0v) is 15.7. The topological polar surface area (TPSA) is 91.5 Å². The van der Waals surface area contributed by atoms with Gasteiger partial charge in [-0.2, -0.15) is 0 Å². The van der Waals surface area contributed by atoms with Gasteiger partial charge in [0, 0.05) is 26.1 Å². The lowest BCUT2D eigenvalue weighted by atomic mass is 9.98. The van der Waals surface area contributed by atoms with Crippen LogP contribution in [-0.4, -0.2) is 45.7 Å². The van der Waals surface area contributed by atoms with E-state index in [2.05, 4.69) is 15.3 Å². The normalized spacial score (nSPS) is 15.5. The van der Waals surface area contributed by atoms with Crippen molar-refractivity contribution < 1.29 is 14.3 Å². The van der Waals surface area contributed by atoms with Gasteiger partial charge in [0.05, 0.1) is 22.4 Å². The van der Waals surface area contributed by atoms with Gasteiger partial charge in [0.25, 0.3) is 0 Å². The van der Waals surface area contributed by atoms with Gasteiger partial charge in [0.2, 0.25) is 5.89 Å². The van der Waals surface area contributed by atoms with Crippen molar-refractivity contribution in [2.45, 2.75) is 36.1 Å². The minimum Gasteiger partial charge on any atom is -0.445 e. The Balaban J connectivity index is 1.47. The second kappa shape index (κ2) is 8.68. The molecule has 0 radical (unpaired) electrons. The first-order chi connectivity index (χ1) is 12.2. The molecule has 2 amide bonds. The van der Waals surface area contributed by atoms with E-state index in [-0.39, 0.29) is 12.6 Å². The third kappa shape index (κ3) is 4.96. The molecule has 1 fully saturated rings. The molecule has 3 heterocycles. The number of aliphatic hydroxyl groups excluding tert-OH is 1. The molecular weight excluding hydrogens is 360 g/mol. The van der Waals surface area contributed by atoms with Crippen LogP contribution < -0.4 is 5.32 Å². The van der Waals surface area contributed by atoms with Gasteiger partial charge in [-0.3, -0.25) is 5.32 Å². The Morgan fingerprint density at radius 1 is 1.44 bits per heavy atom. The third-order valence-electron chi connectivity index (χ3n) is 4.15. The molecule has 0 spiro atoms. The van der Waals surface area contributed by atoms with E-state index in [1.807, 2.05) is 6.92 Å². The maximum atomic E-state index is 12.3. The summed E-state index contributed by atoms with van der Waals surface area (Å²) in [5, 5.41) is 12.6. The van der Waals surface area contributed by atoms with E-state index in [9.17, 15) is 4.79 Å². The van der Waals surface area contributed by atoms with E-state index in [0.717, 1.165) is 29.2 Å². The minimum absolute atomic E-state index is 0.123. The van der Waals surface area contributed by atoms with Crippen molar-refractivity contribution in [3.05, 3.63) is 24.0 Å². The maximum absolute atomic E-state index is 12.3. The summed E-state index contributed by atoms with van der Waals surface area (Å²) in [5.41, 5.74) is 0. The SMILES string of the molecule is CCc1cnc(CSc2cnc(NC(=O)N3CCC(CO)CC3)s2)o1. The van der Waals surface area contributed by atoms with Crippen molar-refractivity contribution in [1.29, 1.82) is 0 Å². The Morgan fingerprint density at radius 3 is 2.92 bits per heavy atom. The molecule has 0 aliphatic carbocycles. The fourth-order valence-corrected chi connectivity index (χ4v) is 4.30. The average molecular weight is 383 g/mol. The molecule has 1 aliphatic heterocycles. The Hall–Kier alpha value is -1.58. The highest BCUT2D eigenvalue weighted by Crippen LogP contribution is 2.31. The van der Waals surface area contributed by atoms with Crippen molar-refractivity contribution in [1.82, 2.24) is 14.9 Å². The molecule has 3 rings (SSSR count). The number of aliphatic hydroxyl groups is 1. The summed E-state index contributed by atoms with van der Waals surface area (Å²) in [4.78, 5) is 22.5. The molecule has 2 aromatic heterocycles. The number of oxazole rings is 1. The Bertz CT molecular complexity index is 695. The molecule has 25 heavy (non-hydrogen) atoms. The smallest absolute Gasteiger partial charge is 0.323 e. The van der Waals surface area contributed by atoms with Crippen molar-refractivity contribution in [2.75, 3.05) is 25.0 Å². The molecule has 0 atom stereocenters. The van der Waals surface area contributed by atoms with Crippen molar-refractivity contribution in [3.63, 3.8) is 0 Å². The predicted molar refractivity (Wildman–Crippen MR) is 98.0 cm³/mol. The lowest BCUT2D eigenvalue weighted by Crippen LogP contribution is -2.41. The molecule has 2 N–H and O–H groups in total. The summed E-state index contributed by atoms with van der Waals surface area (Å²) in [6, 6.07) is -0.123. The van der Waals surface area contributed by atoms with Gasteiger partial charge in [-0.15, -0.1) is 11.8 Å². The number of hydrogen-bond donors (Lipinski definition) is 2. The number of rotatable bonds is 6. The molecule has 0 saturated carbocycles. The first-order valence-corrected chi connectivity index (χ1v) is 10.2. The summed E-state index contributed by atoms with van der Waals surface area (Å²) >= 11 is 3.04. The zero-order valence-electron chi connectivity index (χ0n) is 14.1. The largest absolute Gasteiger partial charge is 0.445 e. The zero-order chi connectivity index (χ0) is 17.6. The maximum Gasteiger partial charge on any atom is 0.323 e. The summed E-state index contributed by atoms with van der Waals surface area (Å²) in [7, 11) is 0. The van der Waals surface area contributed by atoms with Crippen molar-refractivity contribution >= 4 is 34.3 Å². The van der Waals surface area contributed by atoms with Crippen molar-refractivity contribution in [2.24, 2.45) is 5.92 Å². The molecule has 2 aromatic rings. The highest BCUT2D eigenvalue weighted by molar-refractivity contribution is 8.00. The number of urea groups is 1. The van der Waals surface area contributed by atoms with Crippen LogP contribution in [0.2, 0.25) is 0 Å². The van der Waals surface area contributed by atoms with Crippen LogP contribution >= 0.6 is 23.1 Å². The van der Waals surface area contributed by atoms with Gasteiger partial charge in [-0.25, -0.2) is 14.8 Å². The molecule has 7 nitrogen and oxygen atoms in total. The Kier molecular flexibility index (Phi) is 6.33. The van der Waals surface area contributed by atoms with Gasteiger partial charge < -0.3 is 14.4 Å². The number of nitrogens with one attached hydrogen (secondary N) is 1. The van der Waals surface area contributed by atoms with Crippen LogP contribution in [0.3, 0.4) is 0 Å². The number of thiazole rings is 1. The number of anilines is 1. The van der Waals surface area contributed by atoms with E-state index in [1.54, 1.807) is 29.1 Å². The van der Waals surface area contributed by atoms with Gasteiger partial charge >= 0.3 is 6.03 Å². The van der Waals surface area contributed by atoms with E-state index >= 15 is 0 Å². The number of hydrogen-bond acceptors (Lipinski definition) is 7. The first kappa shape index (κ1) is 18.2. The lowest BCUT2D eigenvalue weighted by Gasteiger charge is -2.30. The first-order valence-electron chi connectivity index (χ1n) is 8.37. The number of carbonyl (C=O) groups excluding carboxylic acids is 1. The van der Waals surface area contributed by atoms with Gasteiger partial charge in [0.15, 0.2) is 5.13 Å². The van der Waals surface area contributed by atoms with E-state index < -0.39 is 0 Å². The number of aromatic nitrogens is 2. The second-order valence-electron chi connectivity index (χ2n) is 5.89. The summed E-state index contributed by atoms with van der Waals surface area (Å²) in [6.07, 6.45) is 6.04. The van der Waals surface area contributed by atoms with Crippen LogP contribution in [0, 0.1) is 5.92 Å². The van der Waals surface area contributed by atoms with Gasteiger partial charge in [-0.1, -0.05) is 18.3 Å². The fourth-order valence-electron chi connectivity index (χ4n) is 2.58. The molecule has 9 heteroatoms. The quantitative estimate of drug-likeness (QED) is 0.746. The molecule has 1 saturated heterocycles. The van der Waals surface area contributed by atoms with E-state index in [1.165, 1.54) is 11.3 Å². The number of amides is 2. The van der Waals surface area contributed by atoms with Crippen molar-refractivity contribution in [3.8, 4) is 0 Å². The standard InChI is InChI=1S/C16H22N4O3S2/c1-2-12-7-17-13(23-12)10-24-14-8-18-15(25-14)19-16(22)20-5-3-11(9-21)4-6-20/h7-8,11,21H,2-6,9-10H2,1H3,(H,18,19,22). The number of piperidine rings is 1. The number of likely N-dealkylation sites (tertiary alicyclic amines) is 1. The van der Waals surface area contributed by atoms with E-state index in [4.69, 9.17) is 9.52 Å². The van der Waals surface area contributed by atoms with E-state index in [0.29, 0.717) is 35.8 Å². The predicted octanol–water partition coefficient (Wildman–Crippen LogP) is 3.22. The van der Waals surface area contributed by atoms with Crippen LogP contribution in [-0.2, 0) is 12.2 Å². The highest BCUT2D eigenvalue weighted by atomic mass is 32.2. The number of nitrogens with zero attached hydrogens (tertiary/aromatic N) is 3. The number of thioether (sulfide) groups is 1. The average Bonchev–Trinajstić information content (AvgIpc) is 3.29. The number of carbonyl (C=O) groups is 1. The monoisotopic (exact) mass is 382 g/mol. The Morgan fingerprint density at radius 2 is 2.24 bits per heavy atom. The summed E-state index contributed by atoms with van der Waals surface area (Å²) < 4.78 is 6.59. The van der Waals surface area contributed by atoms with Crippen LogP contribution in [0.5, 0.6) is 0 Å². The lowest BCUT2D eigenvalue weighted by molar-refractivity contribution is 0.143. The van der Waals surface area contributed by atoms with Crippen LogP contribution in [0.1, 0.15) is 31.4 Å². The molecular formula is C16H22N4O3S2. The summed E-state index contributed by atoms with van der Waals surface area (Å²) in [5.74, 6) is 2.55. The minimum atomic E-state index is -0.123. The molecule has 136 valence electrons. The molecule has 0 bridgehead atoms. The highest BCUT2D eigenvalue weighted by Gasteiger charge is 2.22.